The maximum atomic E-state index is 3.56. The minimum atomic E-state index is 0.715. The molecule has 9 fully saturated rings. The van der Waals surface area contributed by atoms with E-state index in [4.69, 9.17) is 0 Å². The monoisotopic (exact) mass is 444 g/mol. The van der Waals surface area contributed by atoms with Gasteiger partial charge in [0.05, 0.1) is 0 Å². The molecule has 0 aromatic carbocycles. The predicted molar refractivity (Wildman–Crippen MR) is 134 cm³/mol. The van der Waals surface area contributed by atoms with Gasteiger partial charge in [0.25, 0.3) is 0 Å². The molecule has 8 bridgehead atoms. The Morgan fingerprint density at radius 2 is 0.933 bits per heavy atom. The Kier molecular flexibility index (Phi) is 4.69. The molecule has 168 valence electrons. The third-order valence-electron chi connectivity index (χ3n) is 12.6. The molecule has 0 N–H and O–H groups in total. The van der Waals surface area contributed by atoms with Crippen LogP contribution in [0.3, 0.4) is 0 Å². The number of hydrogen-bond donors (Lipinski definition) is 0. The Hall–Kier alpha value is 0.860. The quantitative estimate of drug-likeness (QED) is 0.392. The van der Waals surface area contributed by atoms with E-state index in [0.717, 1.165) is 70.0 Å². The number of rotatable bonds is 4. The van der Waals surface area contributed by atoms with Gasteiger partial charge in [-0.2, -0.15) is 0 Å². The standard InChI is InChI=1S/C28H46P2/c1-16-2-3-23(25(29)27-10-17-4-18(11-27)6-19(5-17)12-27)24(16)26(30)28-13-20-7-21(14-28)9-22(8-20)15-28/h16-26H,2-15,29-30H2,1H3. The first-order chi connectivity index (χ1) is 14.4. The van der Waals surface area contributed by atoms with Crippen LogP contribution in [0.5, 0.6) is 0 Å². The van der Waals surface area contributed by atoms with Crippen molar-refractivity contribution in [3.63, 3.8) is 0 Å². The van der Waals surface area contributed by atoms with Crippen LogP contribution >= 0.6 is 18.5 Å². The average molecular weight is 445 g/mol. The zero-order chi connectivity index (χ0) is 20.3. The normalized spacial score (nSPS) is 60.3. The fraction of sp³-hybridized carbons (Fsp3) is 1.00. The lowest BCUT2D eigenvalue weighted by Gasteiger charge is -2.62. The summed E-state index contributed by atoms with van der Waals surface area (Å²) in [4.78, 5) is 0. The van der Waals surface area contributed by atoms with Crippen molar-refractivity contribution >= 4 is 18.5 Å². The molecule has 0 aromatic rings. The Balaban J connectivity index is 1.17. The summed E-state index contributed by atoms with van der Waals surface area (Å²) in [5.74, 6) is 9.56. The Morgan fingerprint density at radius 1 is 0.567 bits per heavy atom. The highest BCUT2D eigenvalue weighted by atomic mass is 31.0. The lowest BCUT2D eigenvalue weighted by Crippen LogP contribution is -2.55. The largest absolute Gasteiger partial charge is 0.134 e. The molecule has 30 heavy (non-hydrogen) atoms. The van der Waals surface area contributed by atoms with E-state index in [1.165, 1.54) is 6.42 Å². The van der Waals surface area contributed by atoms with Crippen molar-refractivity contribution in [3.05, 3.63) is 0 Å². The van der Waals surface area contributed by atoms with E-state index in [9.17, 15) is 0 Å². The minimum absolute atomic E-state index is 0.715. The highest BCUT2D eigenvalue weighted by Crippen LogP contribution is 2.68. The summed E-state index contributed by atoms with van der Waals surface area (Å²) in [6, 6.07) is 0. The molecule has 9 aliphatic carbocycles. The SMILES string of the molecule is CC1CCC(C(P)C23CC4CC(CC(C4)C2)C3)C1C(P)C12CC3CC(CC(C3)C1)C2. The molecule has 0 nitrogen and oxygen atoms in total. The Bertz CT molecular complexity index is 626. The molecule has 0 radical (unpaired) electrons. The first-order valence-electron chi connectivity index (χ1n) is 13.9. The zero-order valence-electron chi connectivity index (χ0n) is 19.4. The maximum Gasteiger partial charge on any atom is -0.0174 e. The summed E-state index contributed by atoms with van der Waals surface area (Å²) in [6.07, 6.45) is 22.2. The topological polar surface area (TPSA) is 0 Å². The molecule has 0 saturated heterocycles. The van der Waals surface area contributed by atoms with E-state index >= 15 is 0 Å². The minimum Gasteiger partial charge on any atom is -0.134 e. The second-order valence-electron chi connectivity index (χ2n) is 14.4. The summed E-state index contributed by atoms with van der Waals surface area (Å²) < 4.78 is 0. The van der Waals surface area contributed by atoms with Crippen molar-refractivity contribution in [2.75, 3.05) is 0 Å². The molecule has 0 spiro atoms. The second-order valence-corrected chi connectivity index (χ2v) is 15.8. The van der Waals surface area contributed by atoms with E-state index in [1.54, 1.807) is 83.5 Å². The fourth-order valence-corrected chi connectivity index (χ4v) is 14.3. The van der Waals surface area contributed by atoms with Gasteiger partial charge < -0.3 is 0 Å². The summed E-state index contributed by atoms with van der Waals surface area (Å²) in [7, 11) is 7.12. The zero-order valence-corrected chi connectivity index (χ0v) is 21.7. The molecule has 0 aromatic heterocycles. The predicted octanol–water partition coefficient (Wildman–Crippen LogP) is 7.57. The van der Waals surface area contributed by atoms with Gasteiger partial charge in [0.15, 0.2) is 0 Å². The molecule has 9 saturated carbocycles. The highest BCUT2D eigenvalue weighted by molar-refractivity contribution is 7.18. The van der Waals surface area contributed by atoms with E-state index in [1.807, 2.05) is 0 Å². The van der Waals surface area contributed by atoms with E-state index in [-0.39, 0.29) is 0 Å². The summed E-state index contributed by atoms with van der Waals surface area (Å²) in [5, 5.41) is 0. The van der Waals surface area contributed by atoms with Crippen molar-refractivity contribution in [1.29, 1.82) is 0 Å². The molecular weight excluding hydrogens is 398 g/mol. The van der Waals surface area contributed by atoms with Crippen LogP contribution in [0, 0.1) is 64.1 Å². The molecule has 0 heterocycles. The fourth-order valence-electron chi connectivity index (χ4n) is 12.3. The van der Waals surface area contributed by atoms with Gasteiger partial charge in [-0.05, 0) is 159 Å². The summed E-state index contributed by atoms with van der Waals surface area (Å²) in [6.45, 7) is 2.65. The Morgan fingerprint density at radius 3 is 1.33 bits per heavy atom. The molecule has 9 rings (SSSR count). The third kappa shape index (κ3) is 2.90. The molecule has 0 aliphatic heterocycles. The first kappa shape index (κ1) is 20.3. The van der Waals surface area contributed by atoms with Crippen molar-refractivity contribution in [3.8, 4) is 0 Å². The molecule has 7 unspecified atom stereocenters. The first-order valence-corrected chi connectivity index (χ1v) is 15.3. The lowest BCUT2D eigenvalue weighted by atomic mass is 9.46. The van der Waals surface area contributed by atoms with E-state index in [0.29, 0.717) is 5.41 Å². The van der Waals surface area contributed by atoms with Gasteiger partial charge in [-0.15, -0.1) is 18.5 Å². The molecular formula is C28H46P2. The van der Waals surface area contributed by atoms with Gasteiger partial charge in [0.1, 0.15) is 0 Å². The van der Waals surface area contributed by atoms with Gasteiger partial charge in [0.2, 0.25) is 0 Å². The van der Waals surface area contributed by atoms with Gasteiger partial charge in [-0.1, -0.05) is 13.3 Å². The van der Waals surface area contributed by atoms with Gasteiger partial charge in [-0.3, -0.25) is 0 Å². The van der Waals surface area contributed by atoms with Crippen LogP contribution < -0.4 is 0 Å². The molecule has 2 heteroatoms. The van der Waals surface area contributed by atoms with Crippen molar-refractivity contribution in [2.24, 2.45) is 64.1 Å². The Labute approximate surface area is 190 Å². The van der Waals surface area contributed by atoms with E-state index < -0.39 is 0 Å². The van der Waals surface area contributed by atoms with Crippen LogP contribution in [0.2, 0.25) is 0 Å². The maximum absolute atomic E-state index is 3.56. The summed E-state index contributed by atoms with van der Waals surface area (Å²) in [5.41, 5.74) is 3.26. The smallest absolute Gasteiger partial charge is 0.0174 e. The lowest BCUT2D eigenvalue weighted by molar-refractivity contribution is -0.0787. The summed E-state index contributed by atoms with van der Waals surface area (Å²) >= 11 is 0. The van der Waals surface area contributed by atoms with Crippen LogP contribution in [-0.2, 0) is 0 Å². The van der Waals surface area contributed by atoms with Crippen LogP contribution in [0.15, 0.2) is 0 Å². The van der Waals surface area contributed by atoms with Crippen LogP contribution in [0.4, 0.5) is 0 Å². The van der Waals surface area contributed by atoms with Gasteiger partial charge >= 0.3 is 0 Å². The second kappa shape index (κ2) is 6.94. The van der Waals surface area contributed by atoms with Crippen LogP contribution in [-0.4, -0.2) is 11.3 Å². The van der Waals surface area contributed by atoms with E-state index in [2.05, 4.69) is 25.4 Å². The van der Waals surface area contributed by atoms with Crippen molar-refractivity contribution < 1.29 is 0 Å². The molecule has 9 aliphatic rings. The van der Waals surface area contributed by atoms with Gasteiger partial charge in [-0.25, -0.2) is 0 Å². The third-order valence-corrected chi connectivity index (χ3v) is 14.9. The van der Waals surface area contributed by atoms with Crippen LogP contribution in [0.1, 0.15) is 96.8 Å². The number of hydrogen-bond acceptors (Lipinski definition) is 0. The van der Waals surface area contributed by atoms with Crippen LogP contribution in [0.25, 0.3) is 0 Å². The molecule has 0 amide bonds. The van der Waals surface area contributed by atoms with Crippen molar-refractivity contribution in [2.45, 2.75) is 108 Å². The van der Waals surface area contributed by atoms with Gasteiger partial charge in [0, 0.05) is 0 Å². The van der Waals surface area contributed by atoms with Crippen molar-refractivity contribution in [1.82, 2.24) is 0 Å². The average Bonchev–Trinajstić information content (AvgIpc) is 3.05. The molecule has 7 atom stereocenters. The highest BCUT2D eigenvalue weighted by Gasteiger charge is 2.60.